The summed E-state index contributed by atoms with van der Waals surface area (Å²) in [6.07, 6.45) is 2.50. The van der Waals surface area contributed by atoms with Crippen molar-refractivity contribution in [2.45, 2.75) is 26.3 Å². The average Bonchev–Trinajstić information content (AvgIpc) is 2.69. The highest BCUT2D eigenvalue weighted by Gasteiger charge is 2.16. The summed E-state index contributed by atoms with van der Waals surface area (Å²) in [4.78, 5) is 26.8. The van der Waals surface area contributed by atoms with Gasteiger partial charge in [0.05, 0.1) is 17.1 Å². The van der Waals surface area contributed by atoms with Crippen LogP contribution < -0.4 is 10.6 Å². The number of nitrogens with one attached hydrogen (secondary N) is 2. The van der Waals surface area contributed by atoms with E-state index in [0.717, 1.165) is 25.6 Å². The number of likely N-dealkylation sites (tertiary alicyclic amines) is 1. The van der Waals surface area contributed by atoms with Crippen molar-refractivity contribution < 1.29 is 9.59 Å². The Kier molecular flexibility index (Phi) is 7.53. The highest BCUT2D eigenvalue weighted by molar-refractivity contribution is 6.36. The lowest BCUT2D eigenvalue weighted by molar-refractivity contribution is -0.115. The zero-order valence-corrected chi connectivity index (χ0v) is 17.9. The fourth-order valence-corrected chi connectivity index (χ4v) is 3.80. The van der Waals surface area contributed by atoms with Crippen molar-refractivity contribution >= 4 is 40.7 Å². The molecular weight excluding hydrogens is 409 g/mol. The van der Waals surface area contributed by atoms with Gasteiger partial charge in [-0.3, -0.25) is 14.5 Å². The van der Waals surface area contributed by atoms with Crippen LogP contribution in [0.15, 0.2) is 42.5 Å². The highest BCUT2D eigenvalue weighted by Crippen LogP contribution is 2.21. The molecule has 3 rings (SSSR count). The molecule has 0 aromatic heterocycles. The number of benzene rings is 2. The Morgan fingerprint density at radius 1 is 1.07 bits per heavy atom. The van der Waals surface area contributed by atoms with Crippen LogP contribution in [0.1, 0.15) is 35.7 Å². The molecule has 1 aliphatic heterocycles. The summed E-state index contributed by atoms with van der Waals surface area (Å²) in [7, 11) is 0. The van der Waals surface area contributed by atoms with Gasteiger partial charge in [-0.1, -0.05) is 42.3 Å². The van der Waals surface area contributed by atoms with Gasteiger partial charge in [0.25, 0.3) is 5.91 Å². The third-order valence-electron chi connectivity index (χ3n) is 5.11. The second kappa shape index (κ2) is 10.1. The normalized spacial score (nSPS) is 15.1. The molecule has 0 saturated carbocycles. The number of nitrogens with zero attached hydrogens (tertiary/aromatic N) is 1. The Balaban J connectivity index is 1.46. The zero-order chi connectivity index (χ0) is 20.8. The lowest BCUT2D eigenvalue weighted by atomic mass is 9.99. The third kappa shape index (κ3) is 6.46. The van der Waals surface area contributed by atoms with Crippen molar-refractivity contribution in [3.63, 3.8) is 0 Å². The Labute approximate surface area is 181 Å². The maximum atomic E-state index is 12.2. The van der Waals surface area contributed by atoms with E-state index in [9.17, 15) is 9.59 Å². The van der Waals surface area contributed by atoms with Gasteiger partial charge in [-0.05, 0) is 67.7 Å². The molecule has 0 unspecified atom stereocenters. The molecule has 1 saturated heterocycles. The van der Waals surface area contributed by atoms with E-state index in [1.807, 2.05) is 24.3 Å². The second-order valence-corrected chi connectivity index (χ2v) is 8.35. The lowest BCUT2D eigenvalue weighted by Gasteiger charge is -2.30. The largest absolute Gasteiger partial charge is 0.343 e. The molecule has 7 heteroatoms. The van der Waals surface area contributed by atoms with E-state index in [4.69, 9.17) is 23.2 Å². The maximum absolute atomic E-state index is 12.2. The summed E-state index contributed by atoms with van der Waals surface area (Å²) < 4.78 is 0. The van der Waals surface area contributed by atoms with Crippen LogP contribution in [0.4, 0.5) is 5.69 Å². The Hall–Kier alpha value is -2.08. The molecule has 2 aromatic rings. The standard InChI is InChI=1S/C22H25Cl2N3O2/c1-15-8-10-27(11-9-15)14-16-2-5-18(6-3-16)26-21(28)13-25-22(29)19-7-4-17(23)12-20(19)24/h2-7,12,15H,8-11,13-14H2,1H3,(H,25,29)(H,26,28). The van der Waals surface area contributed by atoms with Crippen LogP contribution in [0, 0.1) is 5.92 Å². The minimum atomic E-state index is -0.423. The molecule has 1 heterocycles. The van der Waals surface area contributed by atoms with Crippen molar-refractivity contribution in [3.8, 4) is 0 Å². The molecule has 2 N–H and O–H groups in total. The predicted molar refractivity (Wildman–Crippen MR) is 118 cm³/mol. The Bertz CT molecular complexity index is 863. The summed E-state index contributed by atoms with van der Waals surface area (Å²) in [6.45, 7) is 5.36. The number of anilines is 1. The second-order valence-electron chi connectivity index (χ2n) is 7.51. The number of carbonyl (C=O) groups is 2. The van der Waals surface area contributed by atoms with Crippen LogP contribution in [0.25, 0.3) is 0 Å². The van der Waals surface area contributed by atoms with Crippen LogP contribution in [-0.4, -0.2) is 36.3 Å². The molecule has 29 heavy (non-hydrogen) atoms. The van der Waals surface area contributed by atoms with Crippen molar-refractivity contribution in [2.24, 2.45) is 5.92 Å². The van der Waals surface area contributed by atoms with Gasteiger partial charge in [-0.25, -0.2) is 0 Å². The van der Waals surface area contributed by atoms with Gasteiger partial charge in [0.15, 0.2) is 0 Å². The minimum absolute atomic E-state index is 0.147. The fourth-order valence-electron chi connectivity index (χ4n) is 3.31. The van der Waals surface area contributed by atoms with Crippen LogP contribution in [-0.2, 0) is 11.3 Å². The minimum Gasteiger partial charge on any atom is -0.343 e. The summed E-state index contributed by atoms with van der Waals surface area (Å²) in [5.41, 5.74) is 2.20. The number of halogens is 2. The fraction of sp³-hybridized carbons (Fsp3) is 0.364. The molecule has 0 spiro atoms. The van der Waals surface area contributed by atoms with Crippen molar-refractivity contribution in [1.82, 2.24) is 10.2 Å². The molecular formula is C22H25Cl2N3O2. The molecule has 0 radical (unpaired) electrons. The maximum Gasteiger partial charge on any atom is 0.253 e. The number of hydrogen-bond acceptors (Lipinski definition) is 3. The quantitative estimate of drug-likeness (QED) is 0.699. The first-order chi connectivity index (χ1) is 13.9. The summed E-state index contributed by atoms with van der Waals surface area (Å²) in [6, 6.07) is 12.4. The smallest absolute Gasteiger partial charge is 0.253 e. The first-order valence-electron chi connectivity index (χ1n) is 9.75. The van der Waals surface area contributed by atoms with Gasteiger partial charge in [-0.15, -0.1) is 0 Å². The molecule has 1 fully saturated rings. The zero-order valence-electron chi connectivity index (χ0n) is 16.4. The lowest BCUT2D eigenvalue weighted by Crippen LogP contribution is -2.33. The van der Waals surface area contributed by atoms with Gasteiger partial charge in [0.2, 0.25) is 5.91 Å². The number of carbonyl (C=O) groups excluding carboxylic acids is 2. The van der Waals surface area contributed by atoms with Crippen LogP contribution in [0.5, 0.6) is 0 Å². The molecule has 0 bridgehead atoms. The van der Waals surface area contributed by atoms with Crippen LogP contribution >= 0.6 is 23.2 Å². The van der Waals surface area contributed by atoms with E-state index >= 15 is 0 Å². The topological polar surface area (TPSA) is 61.4 Å². The van der Waals surface area contributed by atoms with Gasteiger partial charge >= 0.3 is 0 Å². The SMILES string of the molecule is CC1CCN(Cc2ccc(NC(=O)CNC(=O)c3ccc(Cl)cc3Cl)cc2)CC1. The van der Waals surface area contributed by atoms with Gasteiger partial charge in [-0.2, -0.15) is 0 Å². The molecule has 0 aliphatic carbocycles. The molecule has 154 valence electrons. The van der Waals surface area contributed by atoms with E-state index in [1.54, 1.807) is 6.07 Å². The summed E-state index contributed by atoms with van der Waals surface area (Å²) in [5, 5.41) is 6.04. The third-order valence-corrected chi connectivity index (χ3v) is 5.65. The molecule has 2 amide bonds. The van der Waals surface area contributed by atoms with Gasteiger partial charge in [0, 0.05) is 17.3 Å². The van der Waals surface area contributed by atoms with Crippen molar-refractivity contribution in [2.75, 3.05) is 25.0 Å². The predicted octanol–water partition coefficient (Wildman–Crippen LogP) is 4.59. The van der Waals surface area contributed by atoms with E-state index in [0.29, 0.717) is 10.7 Å². The number of rotatable bonds is 6. The monoisotopic (exact) mass is 433 g/mol. The molecule has 0 atom stereocenters. The highest BCUT2D eigenvalue weighted by atomic mass is 35.5. The van der Waals surface area contributed by atoms with Crippen LogP contribution in [0.3, 0.4) is 0 Å². The molecule has 5 nitrogen and oxygen atoms in total. The first-order valence-corrected chi connectivity index (χ1v) is 10.5. The Morgan fingerprint density at radius 2 is 1.76 bits per heavy atom. The average molecular weight is 434 g/mol. The van der Waals surface area contributed by atoms with E-state index in [-0.39, 0.29) is 23.0 Å². The number of piperidine rings is 1. The molecule has 1 aliphatic rings. The van der Waals surface area contributed by atoms with E-state index < -0.39 is 5.91 Å². The number of amides is 2. The van der Waals surface area contributed by atoms with E-state index in [2.05, 4.69) is 22.5 Å². The van der Waals surface area contributed by atoms with Gasteiger partial charge < -0.3 is 10.6 Å². The van der Waals surface area contributed by atoms with Crippen molar-refractivity contribution in [1.29, 1.82) is 0 Å². The Morgan fingerprint density at radius 3 is 2.41 bits per heavy atom. The van der Waals surface area contributed by atoms with E-state index in [1.165, 1.54) is 30.5 Å². The molecule has 2 aromatic carbocycles. The van der Waals surface area contributed by atoms with Crippen molar-refractivity contribution in [3.05, 3.63) is 63.6 Å². The summed E-state index contributed by atoms with van der Waals surface area (Å²) >= 11 is 11.8. The van der Waals surface area contributed by atoms with Gasteiger partial charge in [0.1, 0.15) is 0 Å². The van der Waals surface area contributed by atoms with Crippen LogP contribution in [0.2, 0.25) is 10.0 Å². The first kappa shape index (κ1) is 21.6. The number of hydrogen-bond donors (Lipinski definition) is 2. The summed E-state index contributed by atoms with van der Waals surface area (Å²) in [5.74, 6) is 0.0919.